The minimum absolute atomic E-state index is 0.430. The molecule has 2 aromatic carbocycles. The van der Waals surface area contributed by atoms with Crippen LogP contribution in [0.3, 0.4) is 0 Å². The Morgan fingerprint density at radius 1 is 1.08 bits per heavy atom. The van der Waals surface area contributed by atoms with Crippen molar-refractivity contribution in [2.45, 2.75) is 0 Å². The lowest BCUT2D eigenvalue weighted by molar-refractivity contribution is 0.355. The number of nitriles is 1. The zero-order chi connectivity index (χ0) is 17.1. The molecule has 0 unspecified atom stereocenters. The molecule has 0 aliphatic carbocycles. The van der Waals surface area contributed by atoms with Crippen LogP contribution in [0.25, 0.3) is 10.9 Å². The lowest BCUT2D eigenvalue weighted by Gasteiger charge is -2.14. The SMILES string of the molecule is COc1ccc(Nc2c(C#N)cnc3ccc(Cl)cc23)cc1OC. The maximum absolute atomic E-state index is 9.40. The van der Waals surface area contributed by atoms with Crippen molar-refractivity contribution in [3.05, 3.63) is 53.2 Å². The molecule has 1 aromatic heterocycles. The Balaban J connectivity index is 2.12. The van der Waals surface area contributed by atoms with E-state index in [0.717, 1.165) is 16.6 Å². The summed E-state index contributed by atoms with van der Waals surface area (Å²) in [6.45, 7) is 0. The Hall–Kier alpha value is -2.97. The van der Waals surface area contributed by atoms with Crippen LogP contribution in [0.2, 0.25) is 5.02 Å². The molecule has 0 atom stereocenters. The number of rotatable bonds is 4. The fourth-order valence-electron chi connectivity index (χ4n) is 2.44. The van der Waals surface area contributed by atoms with Gasteiger partial charge in [0, 0.05) is 28.4 Å². The summed E-state index contributed by atoms with van der Waals surface area (Å²) >= 11 is 6.10. The summed E-state index contributed by atoms with van der Waals surface area (Å²) in [5, 5.41) is 14.0. The van der Waals surface area contributed by atoms with Gasteiger partial charge in [0.1, 0.15) is 6.07 Å². The Morgan fingerprint density at radius 3 is 2.58 bits per heavy atom. The van der Waals surface area contributed by atoms with Crippen LogP contribution in [0.1, 0.15) is 5.56 Å². The van der Waals surface area contributed by atoms with Crippen molar-refractivity contribution in [1.29, 1.82) is 5.26 Å². The monoisotopic (exact) mass is 339 g/mol. The number of nitrogens with zero attached hydrogens (tertiary/aromatic N) is 2. The molecule has 0 aliphatic heterocycles. The quantitative estimate of drug-likeness (QED) is 0.756. The Kier molecular flexibility index (Phi) is 4.41. The van der Waals surface area contributed by atoms with E-state index in [2.05, 4.69) is 16.4 Å². The van der Waals surface area contributed by atoms with E-state index in [1.807, 2.05) is 12.1 Å². The Bertz CT molecular complexity index is 951. The zero-order valence-electron chi connectivity index (χ0n) is 13.1. The Morgan fingerprint density at radius 2 is 1.88 bits per heavy atom. The summed E-state index contributed by atoms with van der Waals surface area (Å²) in [6, 6.07) is 13.0. The third kappa shape index (κ3) is 2.92. The highest BCUT2D eigenvalue weighted by molar-refractivity contribution is 6.31. The van der Waals surface area contributed by atoms with Crippen LogP contribution in [-0.2, 0) is 0 Å². The first-order valence-corrected chi connectivity index (χ1v) is 7.51. The third-order valence-electron chi connectivity index (χ3n) is 3.60. The zero-order valence-corrected chi connectivity index (χ0v) is 13.9. The number of anilines is 2. The average Bonchev–Trinajstić information content (AvgIpc) is 2.62. The number of benzene rings is 2. The standard InChI is InChI=1S/C18H14ClN3O2/c1-23-16-6-4-13(8-17(16)24-2)22-18-11(9-20)10-21-15-5-3-12(19)7-14(15)18/h3-8,10H,1-2H3,(H,21,22). The van der Waals surface area contributed by atoms with E-state index in [1.165, 1.54) is 0 Å². The first kappa shape index (κ1) is 15.9. The predicted molar refractivity (Wildman–Crippen MR) is 94.3 cm³/mol. The predicted octanol–water partition coefficient (Wildman–Crippen LogP) is 4.52. The molecule has 1 N–H and O–H groups in total. The fraction of sp³-hybridized carbons (Fsp3) is 0.111. The highest BCUT2D eigenvalue weighted by Gasteiger charge is 2.11. The van der Waals surface area contributed by atoms with Gasteiger partial charge in [0.15, 0.2) is 11.5 Å². The van der Waals surface area contributed by atoms with E-state index in [0.29, 0.717) is 27.8 Å². The maximum atomic E-state index is 9.40. The van der Waals surface area contributed by atoms with Gasteiger partial charge in [0.25, 0.3) is 0 Å². The highest BCUT2D eigenvalue weighted by Crippen LogP contribution is 2.34. The molecule has 0 saturated heterocycles. The third-order valence-corrected chi connectivity index (χ3v) is 3.84. The van der Waals surface area contributed by atoms with Gasteiger partial charge >= 0.3 is 0 Å². The van der Waals surface area contributed by atoms with Gasteiger partial charge in [0.05, 0.1) is 31.0 Å². The van der Waals surface area contributed by atoms with Crippen molar-refractivity contribution in [3.8, 4) is 17.6 Å². The molecule has 6 heteroatoms. The van der Waals surface area contributed by atoms with Crippen molar-refractivity contribution >= 4 is 33.9 Å². The number of methoxy groups -OCH3 is 2. The highest BCUT2D eigenvalue weighted by atomic mass is 35.5. The van der Waals surface area contributed by atoms with Gasteiger partial charge in [0.2, 0.25) is 0 Å². The second-order valence-electron chi connectivity index (χ2n) is 5.01. The van der Waals surface area contributed by atoms with Gasteiger partial charge in [-0.2, -0.15) is 5.26 Å². The van der Waals surface area contributed by atoms with Gasteiger partial charge in [-0.3, -0.25) is 4.98 Å². The van der Waals surface area contributed by atoms with Crippen LogP contribution in [0.5, 0.6) is 11.5 Å². The van der Waals surface area contributed by atoms with Crippen LogP contribution in [0.4, 0.5) is 11.4 Å². The molecule has 0 radical (unpaired) electrons. The fourth-order valence-corrected chi connectivity index (χ4v) is 2.61. The lowest BCUT2D eigenvalue weighted by atomic mass is 10.1. The molecular formula is C18H14ClN3O2. The molecule has 0 amide bonds. The van der Waals surface area contributed by atoms with Crippen LogP contribution >= 0.6 is 11.6 Å². The summed E-state index contributed by atoms with van der Waals surface area (Å²) in [5.74, 6) is 1.23. The van der Waals surface area contributed by atoms with E-state index < -0.39 is 0 Å². The molecule has 0 saturated carbocycles. The van der Waals surface area contributed by atoms with Crippen molar-refractivity contribution < 1.29 is 9.47 Å². The molecular weight excluding hydrogens is 326 g/mol. The number of ether oxygens (including phenoxy) is 2. The summed E-state index contributed by atoms with van der Waals surface area (Å²) in [5.41, 5.74) is 2.59. The van der Waals surface area contributed by atoms with Gasteiger partial charge < -0.3 is 14.8 Å². The molecule has 120 valence electrons. The molecule has 0 bridgehead atoms. The molecule has 0 spiro atoms. The van der Waals surface area contributed by atoms with Crippen molar-refractivity contribution in [1.82, 2.24) is 4.98 Å². The minimum Gasteiger partial charge on any atom is -0.493 e. The van der Waals surface area contributed by atoms with Crippen molar-refractivity contribution in [2.24, 2.45) is 0 Å². The summed E-state index contributed by atoms with van der Waals surface area (Å²) < 4.78 is 10.6. The number of aromatic nitrogens is 1. The smallest absolute Gasteiger partial charge is 0.162 e. The van der Waals surface area contributed by atoms with Gasteiger partial charge in [-0.15, -0.1) is 0 Å². The number of fused-ring (bicyclic) bond motifs is 1. The molecule has 24 heavy (non-hydrogen) atoms. The first-order chi connectivity index (χ1) is 11.7. The number of nitrogens with one attached hydrogen (secondary N) is 1. The molecule has 5 nitrogen and oxygen atoms in total. The Labute approximate surface area is 144 Å². The molecule has 0 fully saturated rings. The topological polar surface area (TPSA) is 67.2 Å². The van der Waals surface area contributed by atoms with Gasteiger partial charge in [-0.25, -0.2) is 0 Å². The summed E-state index contributed by atoms with van der Waals surface area (Å²) in [7, 11) is 3.15. The first-order valence-electron chi connectivity index (χ1n) is 7.13. The average molecular weight is 340 g/mol. The van der Waals surface area contributed by atoms with E-state index >= 15 is 0 Å². The minimum atomic E-state index is 0.430. The number of hydrogen-bond acceptors (Lipinski definition) is 5. The maximum Gasteiger partial charge on any atom is 0.162 e. The van der Waals surface area contributed by atoms with E-state index in [4.69, 9.17) is 21.1 Å². The normalized spacial score (nSPS) is 10.2. The second-order valence-corrected chi connectivity index (χ2v) is 5.45. The largest absolute Gasteiger partial charge is 0.493 e. The van der Waals surface area contributed by atoms with Crippen molar-refractivity contribution in [2.75, 3.05) is 19.5 Å². The van der Waals surface area contributed by atoms with Crippen LogP contribution < -0.4 is 14.8 Å². The molecule has 3 rings (SSSR count). The van der Waals surface area contributed by atoms with Crippen LogP contribution in [0.15, 0.2) is 42.6 Å². The van der Waals surface area contributed by atoms with E-state index in [9.17, 15) is 5.26 Å². The van der Waals surface area contributed by atoms with E-state index in [-0.39, 0.29) is 0 Å². The van der Waals surface area contributed by atoms with E-state index in [1.54, 1.807) is 44.7 Å². The lowest BCUT2D eigenvalue weighted by Crippen LogP contribution is -1.98. The second kappa shape index (κ2) is 6.65. The number of halogens is 1. The number of pyridine rings is 1. The van der Waals surface area contributed by atoms with Gasteiger partial charge in [-0.1, -0.05) is 11.6 Å². The summed E-state index contributed by atoms with van der Waals surface area (Å²) in [4.78, 5) is 4.29. The number of hydrogen-bond donors (Lipinski definition) is 1. The van der Waals surface area contributed by atoms with Crippen molar-refractivity contribution in [3.63, 3.8) is 0 Å². The van der Waals surface area contributed by atoms with Gasteiger partial charge in [-0.05, 0) is 30.3 Å². The molecule has 1 heterocycles. The van der Waals surface area contributed by atoms with Crippen LogP contribution in [0, 0.1) is 11.3 Å². The summed E-state index contributed by atoms with van der Waals surface area (Å²) in [6.07, 6.45) is 1.54. The van der Waals surface area contributed by atoms with Crippen LogP contribution in [-0.4, -0.2) is 19.2 Å². The molecule has 0 aliphatic rings. The molecule has 3 aromatic rings.